The van der Waals surface area contributed by atoms with Crippen molar-refractivity contribution in [1.82, 2.24) is 4.90 Å². The zero-order valence-corrected chi connectivity index (χ0v) is 11.5. The first-order chi connectivity index (χ1) is 9.43. The van der Waals surface area contributed by atoms with Crippen molar-refractivity contribution in [1.29, 1.82) is 0 Å². The first-order valence-corrected chi connectivity index (χ1v) is 7.47. The molecule has 104 valence electrons. The summed E-state index contributed by atoms with van der Waals surface area (Å²) in [5.74, 6) is 1.01. The van der Waals surface area contributed by atoms with E-state index in [-0.39, 0.29) is 0 Å². The van der Waals surface area contributed by atoms with Crippen LogP contribution in [0.3, 0.4) is 0 Å². The van der Waals surface area contributed by atoms with Crippen molar-refractivity contribution in [3.8, 4) is 5.75 Å². The smallest absolute Gasteiger partial charge is 0.119 e. The Hall–Kier alpha value is -1.06. The highest BCUT2D eigenvalue weighted by Gasteiger charge is 2.32. The van der Waals surface area contributed by atoms with Crippen molar-refractivity contribution in [2.75, 3.05) is 26.3 Å². The van der Waals surface area contributed by atoms with E-state index in [2.05, 4.69) is 17.0 Å². The molecule has 0 radical (unpaired) electrons. The predicted octanol–water partition coefficient (Wildman–Crippen LogP) is 2.71. The summed E-state index contributed by atoms with van der Waals surface area (Å²) in [7, 11) is 0. The van der Waals surface area contributed by atoms with Crippen LogP contribution in [0.15, 0.2) is 30.3 Å². The number of nitrogens with zero attached hydrogens (tertiary/aromatic N) is 1. The van der Waals surface area contributed by atoms with Gasteiger partial charge < -0.3 is 9.47 Å². The van der Waals surface area contributed by atoms with E-state index in [1.54, 1.807) is 0 Å². The average Bonchev–Trinajstić information content (AvgIpc) is 2.50. The fourth-order valence-corrected chi connectivity index (χ4v) is 3.22. The van der Waals surface area contributed by atoms with E-state index in [0.29, 0.717) is 12.1 Å². The Labute approximate surface area is 115 Å². The summed E-state index contributed by atoms with van der Waals surface area (Å²) >= 11 is 0. The molecule has 0 amide bonds. The van der Waals surface area contributed by atoms with E-state index in [9.17, 15) is 0 Å². The Bertz CT molecular complexity index is 376. The molecule has 1 aromatic rings. The van der Waals surface area contributed by atoms with Gasteiger partial charge >= 0.3 is 0 Å². The van der Waals surface area contributed by atoms with Gasteiger partial charge in [-0.1, -0.05) is 24.6 Å². The number of hydrogen-bond donors (Lipinski definition) is 0. The number of benzene rings is 1. The molecule has 0 bridgehead atoms. The van der Waals surface area contributed by atoms with Gasteiger partial charge in [-0.25, -0.2) is 0 Å². The number of morpholine rings is 1. The summed E-state index contributed by atoms with van der Waals surface area (Å²) in [5, 5.41) is 0. The molecule has 1 aromatic carbocycles. The molecule has 0 aromatic heterocycles. The van der Waals surface area contributed by atoms with Crippen molar-refractivity contribution >= 4 is 0 Å². The lowest BCUT2D eigenvalue weighted by atomic mass is 9.91. The quantitative estimate of drug-likeness (QED) is 0.835. The van der Waals surface area contributed by atoms with Gasteiger partial charge in [-0.2, -0.15) is 0 Å². The highest BCUT2D eigenvalue weighted by atomic mass is 16.5. The normalized spacial score (nSPS) is 29.1. The van der Waals surface area contributed by atoms with Crippen molar-refractivity contribution in [3.05, 3.63) is 30.3 Å². The molecule has 1 saturated heterocycles. The van der Waals surface area contributed by atoms with Crippen LogP contribution in [-0.2, 0) is 4.74 Å². The van der Waals surface area contributed by atoms with Crippen LogP contribution in [-0.4, -0.2) is 43.3 Å². The highest BCUT2D eigenvalue weighted by Crippen LogP contribution is 2.27. The molecule has 1 heterocycles. The van der Waals surface area contributed by atoms with E-state index in [1.807, 2.05) is 18.2 Å². The highest BCUT2D eigenvalue weighted by molar-refractivity contribution is 5.21. The van der Waals surface area contributed by atoms with Crippen LogP contribution in [0.5, 0.6) is 5.75 Å². The second kappa shape index (κ2) is 6.40. The molecular weight excluding hydrogens is 238 g/mol. The minimum absolute atomic E-state index is 0.342. The molecule has 1 saturated carbocycles. The molecule has 1 aliphatic heterocycles. The maximum Gasteiger partial charge on any atom is 0.119 e. The molecule has 2 fully saturated rings. The molecule has 0 N–H and O–H groups in total. The van der Waals surface area contributed by atoms with Crippen LogP contribution in [0, 0.1) is 0 Å². The number of para-hydroxylation sites is 1. The minimum atomic E-state index is 0.342. The van der Waals surface area contributed by atoms with Gasteiger partial charge in [0.2, 0.25) is 0 Å². The Morgan fingerprint density at radius 1 is 1.00 bits per heavy atom. The maximum absolute atomic E-state index is 6.24. The van der Waals surface area contributed by atoms with Crippen LogP contribution in [0.4, 0.5) is 0 Å². The Kier molecular flexibility index (Phi) is 4.36. The lowest BCUT2D eigenvalue weighted by Crippen LogP contribution is -2.52. The molecule has 19 heavy (non-hydrogen) atoms. The SMILES string of the molecule is c1ccc(O[C@@H]2CCCC[C@@H]2N2CCOCC2)cc1. The lowest BCUT2D eigenvalue weighted by Gasteiger charge is -2.41. The molecular formula is C16H23NO2. The van der Waals surface area contributed by atoms with Crippen LogP contribution in [0.1, 0.15) is 25.7 Å². The number of ether oxygens (including phenoxy) is 2. The van der Waals surface area contributed by atoms with Gasteiger partial charge in [0, 0.05) is 19.1 Å². The van der Waals surface area contributed by atoms with Gasteiger partial charge in [0.25, 0.3) is 0 Å². The van der Waals surface area contributed by atoms with Crippen molar-refractivity contribution in [2.45, 2.75) is 37.8 Å². The fourth-order valence-electron chi connectivity index (χ4n) is 3.22. The number of hydrogen-bond acceptors (Lipinski definition) is 3. The first-order valence-electron chi connectivity index (χ1n) is 7.47. The Morgan fingerprint density at radius 3 is 2.53 bits per heavy atom. The zero-order chi connectivity index (χ0) is 12.9. The molecule has 2 aliphatic rings. The third-order valence-corrected chi connectivity index (χ3v) is 4.21. The van der Waals surface area contributed by atoms with Crippen LogP contribution < -0.4 is 4.74 Å². The predicted molar refractivity (Wildman–Crippen MR) is 75.5 cm³/mol. The Balaban J connectivity index is 1.66. The topological polar surface area (TPSA) is 21.7 Å². The average molecular weight is 261 g/mol. The van der Waals surface area contributed by atoms with Gasteiger partial charge in [-0.3, -0.25) is 4.90 Å². The third-order valence-electron chi connectivity index (χ3n) is 4.21. The van der Waals surface area contributed by atoms with Crippen LogP contribution in [0.2, 0.25) is 0 Å². The first kappa shape index (κ1) is 12.9. The van der Waals surface area contributed by atoms with Gasteiger partial charge in [-0.15, -0.1) is 0 Å². The number of rotatable bonds is 3. The molecule has 3 heteroatoms. The van der Waals surface area contributed by atoms with Gasteiger partial charge in [-0.05, 0) is 31.4 Å². The van der Waals surface area contributed by atoms with Crippen LogP contribution in [0.25, 0.3) is 0 Å². The van der Waals surface area contributed by atoms with Gasteiger partial charge in [0.1, 0.15) is 11.9 Å². The van der Waals surface area contributed by atoms with E-state index >= 15 is 0 Å². The molecule has 2 atom stereocenters. The Morgan fingerprint density at radius 2 is 1.74 bits per heavy atom. The van der Waals surface area contributed by atoms with E-state index < -0.39 is 0 Å². The maximum atomic E-state index is 6.24. The van der Waals surface area contributed by atoms with E-state index in [4.69, 9.17) is 9.47 Å². The largest absolute Gasteiger partial charge is 0.489 e. The second-order valence-electron chi connectivity index (χ2n) is 5.47. The molecule has 3 rings (SSSR count). The summed E-state index contributed by atoms with van der Waals surface area (Å²) in [4.78, 5) is 2.57. The fraction of sp³-hybridized carbons (Fsp3) is 0.625. The van der Waals surface area contributed by atoms with Gasteiger partial charge in [0.15, 0.2) is 0 Å². The second-order valence-corrected chi connectivity index (χ2v) is 5.47. The standard InChI is InChI=1S/C16H23NO2/c1-2-6-14(7-3-1)19-16-9-5-4-8-15(16)17-10-12-18-13-11-17/h1-3,6-7,15-16H,4-5,8-13H2/t15-,16+/m0/s1. The monoisotopic (exact) mass is 261 g/mol. The molecule has 1 aliphatic carbocycles. The summed E-state index contributed by atoms with van der Waals surface area (Å²) in [5.41, 5.74) is 0. The van der Waals surface area contributed by atoms with Crippen molar-refractivity contribution < 1.29 is 9.47 Å². The van der Waals surface area contributed by atoms with E-state index in [0.717, 1.165) is 32.1 Å². The lowest BCUT2D eigenvalue weighted by molar-refractivity contribution is -0.0281. The van der Waals surface area contributed by atoms with Gasteiger partial charge in [0.05, 0.1) is 13.2 Å². The summed E-state index contributed by atoms with van der Waals surface area (Å²) in [6.07, 6.45) is 5.40. The third kappa shape index (κ3) is 3.28. The molecule has 3 nitrogen and oxygen atoms in total. The van der Waals surface area contributed by atoms with Crippen molar-refractivity contribution in [2.24, 2.45) is 0 Å². The molecule has 0 unspecified atom stereocenters. The minimum Gasteiger partial charge on any atom is -0.489 e. The van der Waals surface area contributed by atoms with Crippen LogP contribution >= 0.6 is 0 Å². The van der Waals surface area contributed by atoms with Crippen molar-refractivity contribution in [3.63, 3.8) is 0 Å². The zero-order valence-electron chi connectivity index (χ0n) is 11.5. The summed E-state index contributed by atoms with van der Waals surface area (Å²) in [6.45, 7) is 3.85. The summed E-state index contributed by atoms with van der Waals surface area (Å²) < 4.78 is 11.7. The molecule has 0 spiro atoms. The van der Waals surface area contributed by atoms with E-state index in [1.165, 1.54) is 25.7 Å². The summed E-state index contributed by atoms with van der Waals surface area (Å²) in [6, 6.07) is 10.8.